The van der Waals surface area contributed by atoms with E-state index in [4.69, 9.17) is 9.47 Å². The van der Waals surface area contributed by atoms with E-state index in [2.05, 4.69) is 13.8 Å². The van der Waals surface area contributed by atoms with E-state index >= 15 is 0 Å². The summed E-state index contributed by atoms with van der Waals surface area (Å²) in [7, 11) is 0. The number of aromatic hydroxyl groups is 1. The van der Waals surface area contributed by atoms with Crippen molar-refractivity contribution in [3.05, 3.63) is 94.6 Å². The van der Waals surface area contributed by atoms with Crippen molar-refractivity contribution < 1.29 is 29.3 Å². The number of nitrogens with zero attached hydrogens (tertiary/aromatic N) is 1. The normalized spacial score (nSPS) is 16.8. The Balaban J connectivity index is 1.73. The molecule has 0 aromatic heterocycles. The number of phenols is 1. The van der Waals surface area contributed by atoms with Crippen LogP contribution in [0.1, 0.15) is 56.0 Å². The second-order valence-electron chi connectivity index (χ2n) is 10.5. The van der Waals surface area contributed by atoms with E-state index < -0.39 is 17.7 Å². The average molecular weight is 530 g/mol. The summed E-state index contributed by atoms with van der Waals surface area (Å²) >= 11 is 0. The zero-order chi connectivity index (χ0) is 28.3. The van der Waals surface area contributed by atoms with E-state index in [1.165, 1.54) is 17.0 Å². The van der Waals surface area contributed by atoms with Crippen molar-refractivity contribution in [2.75, 3.05) is 6.61 Å². The van der Waals surface area contributed by atoms with Gasteiger partial charge in [-0.3, -0.25) is 9.59 Å². The first-order chi connectivity index (χ1) is 18.5. The summed E-state index contributed by atoms with van der Waals surface area (Å²) in [6, 6.07) is 18.0. The molecule has 3 aromatic rings. The number of rotatable bonds is 9. The van der Waals surface area contributed by atoms with Crippen molar-refractivity contribution in [2.45, 2.75) is 53.3 Å². The number of Topliss-reactive ketones (excluding diaryl/α,β-unsaturated/α-hetero) is 1. The lowest BCUT2D eigenvalue weighted by Crippen LogP contribution is -2.29. The van der Waals surface area contributed by atoms with E-state index in [-0.39, 0.29) is 29.7 Å². The van der Waals surface area contributed by atoms with Gasteiger partial charge >= 0.3 is 0 Å². The molecule has 39 heavy (non-hydrogen) atoms. The number of carbonyl (C=O) groups is 2. The number of aliphatic hydroxyl groups is 1. The smallest absolute Gasteiger partial charge is 0.295 e. The molecule has 1 atom stereocenters. The fraction of sp³-hybridized carbons (Fsp3) is 0.312. The standard InChI is InChI=1S/C32H35NO6/c1-19(2)18-38-26-13-6-22(7-14-26)17-33-29(23-8-11-25(34)12-9-23)28(31(36)32(33)37)30(35)24-10-15-27(21(5)16-24)39-20(3)4/h6-16,19-20,29,34-35H,17-18H2,1-5H3/b30-28-. The van der Waals surface area contributed by atoms with E-state index in [0.29, 0.717) is 29.4 Å². The van der Waals surface area contributed by atoms with Gasteiger partial charge in [-0.1, -0.05) is 38.1 Å². The number of aryl methyl sites for hydroxylation is 1. The minimum absolute atomic E-state index is 0.000459. The summed E-state index contributed by atoms with van der Waals surface area (Å²) in [5.74, 6) is 0.135. The van der Waals surface area contributed by atoms with E-state index in [1.807, 2.05) is 45.0 Å². The van der Waals surface area contributed by atoms with Gasteiger partial charge in [0.15, 0.2) is 0 Å². The van der Waals surface area contributed by atoms with Crippen LogP contribution < -0.4 is 9.47 Å². The minimum Gasteiger partial charge on any atom is -0.508 e. The highest BCUT2D eigenvalue weighted by molar-refractivity contribution is 6.46. The lowest BCUT2D eigenvalue weighted by Gasteiger charge is -2.25. The third kappa shape index (κ3) is 6.25. The summed E-state index contributed by atoms with van der Waals surface area (Å²) in [5.41, 5.74) is 2.62. The van der Waals surface area contributed by atoms with Crippen LogP contribution in [0.2, 0.25) is 0 Å². The second-order valence-corrected chi connectivity index (χ2v) is 10.5. The predicted molar refractivity (Wildman–Crippen MR) is 150 cm³/mol. The van der Waals surface area contributed by atoms with Crippen molar-refractivity contribution in [1.82, 2.24) is 4.90 Å². The Morgan fingerprint density at radius 2 is 1.62 bits per heavy atom. The topological polar surface area (TPSA) is 96.3 Å². The maximum absolute atomic E-state index is 13.4. The highest BCUT2D eigenvalue weighted by Crippen LogP contribution is 2.41. The zero-order valence-corrected chi connectivity index (χ0v) is 23.0. The molecule has 4 rings (SSSR count). The molecule has 204 valence electrons. The first-order valence-corrected chi connectivity index (χ1v) is 13.1. The maximum Gasteiger partial charge on any atom is 0.295 e. The number of hydrogen-bond acceptors (Lipinski definition) is 6. The van der Waals surface area contributed by atoms with Crippen molar-refractivity contribution in [3.63, 3.8) is 0 Å². The van der Waals surface area contributed by atoms with Crippen molar-refractivity contribution in [2.24, 2.45) is 5.92 Å². The molecule has 2 N–H and O–H groups in total. The van der Waals surface area contributed by atoms with Crippen molar-refractivity contribution >= 4 is 17.4 Å². The highest BCUT2D eigenvalue weighted by Gasteiger charge is 2.46. The number of aliphatic hydroxyl groups excluding tert-OH is 1. The van der Waals surface area contributed by atoms with Crippen molar-refractivity contribution in [3.8, 4) is 17.2 Å². The third-order valence-electron chi connectivity index (χ3n) is 6.42. The fourth-order valence-electron chi connectivity index (χ4n) is 4.54. The molecule has 1 aliphatic rings. The molecular weight excluding hydrogens is 494 g/mol. The average Bonchev–Trinajstić information content (AvgIpc) is 3.14. The van der Waals surface area contributed by atoms with Gasteiger partial charge in [0.1, 0.15) is 23.0 Å². The van der Waals surface area contributed by atoms with Crippen LogP contribution in [0.5, 0.6) is 17.2 Å². The Labute approximate surface area is 229 Å². The van der Waals surface area contributed by atoms with Crippen LogP contribution in [-0.4, -0.2) is 39.5 Å². The number of ether oxygens (including phenoxy) is 2. The summed E-state index contributed by atoms with van der Waals surface area (Å²) in [6.07, 6.45) is -0.0150. The Hall–Kier alpha value is -4.26. The first kappa shape index (κ1) is 27.8. The van der Waals surface area contributed by atoms with Gasteiger partial charge in [-0.15, -0.1) is 0 Å². The van der Waals surface area contributed by atoms with E-state index in [0.717, 1.165) is 16.9 Å². The molecule has 1 amide bonds. The Morgan fingerprint density at radius 3 is 2.21 bits per heavy atom. The molecule has 0 aliphatic carbocycles. The number of hydrogen-bond donors (Lipinski definition) is 2. The number of phenolic OH excluding ortho intramolecular Hbond substituents is 1. The van der Waals surface area contributed by atoms with Crippen LogP contribution in [-0.2, 0) is 16.1 Å². The van der Waals surface area contributed by atoms with Crippen LogP contribution in [0.4, 0.5) is 0 Å². The van der Waals surface area contributed by atoms with Gasteiger partial charge in [0, 0.05) is 12.1 Å². The van der Waals surface area contributed by atoms with Crippen LogP contribution >= 0.6 is 0 Å². The zero-order valence-electron chi connectivity index (χ0n) is 23.0. The number of amides is 1. The minimum atomic E-state index is -0.839. The van der Waals surface area contributed by atoms with Crippen molar-refractivity contribution in [1.29, 1.82) is 0 Å². The van der Waals surface area contributed by atoms with Crippen LogP contribution in [0, 0.1) is 12.8 Å². The van der Waals surface area contributed by atoms with E-state index in [1.54, 1.807) is 30.3 Å². The molecule has 1 fully saturated rings. The molecule has 0 radical (unpaired) electrons. The lowest BCUT2D eigenvalue weighted by atomic mass is 9.94. The van der Waals surface area contributed by atoms with Crippen LogP contribution in [0.3, 0.4) is 0 Å². The summed E-state index contributed by atoms with van der Waals surface area (Å²) < 4.78 is 11.6. The van der Waals surface area contributed by atoms with E-state index in [9.17, 15) is 19.8 Å². The molecule has 0 saturated carbocycles. The van der Waals surface area contributed by atoms with Crippen LogP contribution in [0.25, 0.3) is 5.76 Å². The molecule has 7 heteroatoms. The molecule has 1 aliphatic heterocycles. The Morgan fingerprint density at radius 1 is 0.949 bits per heavy atom. The summed E-state index contributed by atoms with van der Waals surface area (Å²) in [4.78, 5) is 28.2. The predicted octanol–water partition coefficient (Wildman–Crippen LogP) is 6.14. The number of benzene rings is 3. The number of ketones is 1. The molecule has 1 unspecified atom stereocenters. The SMILES string of the molecule is Cc1cc(/C(O)=C2/C(=O)C(=O)N(Cc3ccc(OCC(C)C)cc3)C2c2ccc(O)cc2)ccc1OC(C)C. The summed E-state index contributed by atoms with van der Waals surface area (Å²) in [6.45, 7) is 10.6. The monoisotopic (exact) mass is 529 g/mol. The van der Waals surface area contributed by atoms with Gasteiger partial charge in [-0.05, 0) is 85.8 Å². The molecule has 3 aromatic carbocycles. The summed E-state index contributed by atoms with van der Waals surface area (Å²) in [5, 5.41) is 21.2. The second kappa shape index (κ2) is 11.6. The van der Waals surface area contributed by atoms with Gasteiger partial charge in [0.05, 0.1) is 24.3 Å². The number of carbonyl (C=O) groups excluding carboxylic acids is 2. The largest absolute Gasteiger partial charge is 0.508 e. The molecule has 1 saturated heterocycles. The molecule has 0 spiro atoms. The molecule has 0 bridgehead atoms. The van der Waals surface area contributed by atoms with Gasteiger partial charge < -0.3 is 24.6 Å². The Bertz CT molecular complexity index is 1370. The quantitative estimate of drug-likeness (QED) is 0.196. The molecule has 7 nitrogen and oxygen atoms in total. The Kier molecular flexibility index (Phi) is 8.29. The van der Waals surface area contributed by atoms with Gasteiger partial charge in [-0.2, -0.15) is 0 Å². The van der Waals surface area contributed by atoms with Crippen LogP contribution in [0.15, 0.2) is 72.3 Å². The molecule has 1 heterocycles. The lowest BCUT2D eigenvalue weighted by molar-refractivity contribution is -0.140. The fourth-order valence-corrected chi connectivity index (χ4v) is 4.54. The maximum atomic E-state index is 13.4. The molecular formula is C32H35NO6. The third-order valence-corrected chi connectivity index (χ3v) is 6.42. The van der Waals surface area contributed by atoms with Gasteiger partial charge in [-0.25, -0.2) is 0 Å². The number of likely N-dealkylation sites (tertiary alicyclic amines) is 1. The highest BCUT2D eigenvalue weighted by atomic mass is 16.5. The first-order valence-electron chi connectivity index (χ1n) is 13.1. The van der Waals surface area contributed by atoms with Gasteiger partial charge in [0.2, 0.25) is 0 Å². The van der Waals surface area contributed by atoms with Gasteiger partial charge in [0.25, 0.3) is 11.7 Å².